The number of aliphatic carboxylic acids is 2. The molecule has 0 rings (SSSR count). The summed E-state index contributed by atoms with van der Waals surface area (Å²) in [5.74, 6) is -2.67. The number of carbonyl (C=O) groups excluding carboxylic acids is 1. The van der Waals surface area contributed by atoms with Gasteiger partial charge >= 0.3 is 11.9 Å². The van der Waals surface area contributed by atoms with E-state index >= 15 is 0 Å². The van der Waals surface area contributed by atoms with E-state index in [0.717, 1.165) is 12.8 Å². The molecule has 0 aliphatic rings. The Hall–Kier alpha value is -1.63. The summed E-state index contributed by atoms with van der Waals surface area (Å²) < 4.78 is 0. The van der Waals surface area contributed by atoms with E-state index in [2.05, 4.69) is 5.32 Å². The standard InChI is InChI=1S/C11H20N2O5/c12-7-3-1-2-4-9(14)13-8(11(17)18)5-6-10(15)16/h8H,1-7,12H2,(H,13,14)(H,15,16)(H,17,18)/t8-/m0/s1. The number of carboxylic acid groups (broad SMARTS) is 2. The van der Waals surface area contributed by atoms with Gasteiger partial charge in [-0.25, -0.2) is 4.79 Å². The number of hydrogen-bond donors (Lipinski definition) is 4. The van der Waals surface area contributed by atoms with Crippen LogP contribution in [0.25, 0.3) is 0 Å². The Labute approximate surface area is 105 Å². The first-order valence-electron chi connectivity index (χ1n) is 5.91. The zero-order valence-electron chi connectivity index (χ0n) is 10.2. The minimum Gasteiger partial charge on any atom is -0.481 e. The lowest BCUT2D eigenvalue weighted by Crippen LogP contribution is -2.41. The Morgan fingerprint density at radius 2 is 1.72 bits per heavy atom. The van der Waals surface area contributed by atoms with Crippen LogP contribution in [0.15, 0.2) is 0 Å². The summed E-state index contributed by atoms with van der Waals surface area (Å²) in [5, 5.41) is 19.6. The second-order valence-corrected chi connectivity index (χ2v) is 3.99. The summed E-state index contributed by atoms with van der Waals surface area (Å²) in [6.45, 7) is 0.567. The Kier molecular flexibility index (Phi) is 8.55. The number of unbranched alkanes of at least 4 members (excludes halogenated alkanes) is 2. The molecule has 0 fully saturated rings. The van der Waals surface area contributed by atoms with Gasteiger partial charge in [0, 0.05) is 12.8 Å². The highest BCUT2D eigenvalue weighted by Gasteiger charge is 2.20. The first-order chi connectivity index (χ1) is 8.47. The molecule has 18 heavy (non-hydrogen) atoms. The van der Waals surface area contributed by atoms with Gasteiger partial charge < -0.3 is 21.3 Å². The van der Waals surface area contributed by atoms with Crippen molar-refractivity contribution in [3.05, 3.63) is 0 Å². The zero-order valence-corrected chi connectivity index (χ0v) is 10.2. The molecule has 0 aromatic carbocycles. The van der Waals surface area contributed by atoms with Gasteiger partial charge in [0.2, 0.25) is 5.91 Å². The first-order valence-corrected chi connectivity index (χ1v) is 5.91. The molecule has 7 heteroatoms. The van der Waals surface area contributed by atoms with Gasteiger partial charge in [0.05, 0.1) is 0 Å². The van der Waals surface area contributed by atoms with Crippen LogP contribution in [0.1, 0.15) is 38.5 Å². The van der Waals surface area contributed by atoms with Crippen molar-refractivity contribution in [1.29, 1.82) is 0 Å². The molecule has 0 spiro atoms. The molecule has 7 nitrogen and oxygen atoms in total. The molecule has 1 amide bonds. The summed E-state index contributed by atoms with van der Waals surface area (Å²) in [5.41, 5.74) is 5.30. The summed E-state index contributed by atoms with van der Waals surface area (Å²) >= 11 is 0. The molecule has 0 aromatic rings. The van der Waals surface area contributed by atoms with Crippen molar-refractivity contribution < 1.29 is 24.6 Å². The fourth-order valence-electron chi connectivity index (χ4n) is 1.40. The Morgan fingerprint density at radius 3 is 2.22 bits per heavy atom. The molecule has 0 saturated heterocycles. The first kappa shape index (κ1) is 16.4. The third kappa shape index (κ3) is 8.51. The van der Waals surface area contributed by atoms with Gasteiger partial charge in [-0.2, -0.15) is 0 Å². The van der Waals surface area contributed by atoms with Gasteiger partial charge in [-0.1, -0.05) is 6.42 Å². The SMILES string of the molecule is NCCCCCC(=O)N[C@@H](CCC(=O)O)C(=O)O. The highest BCUT2D eigenvalue weighted by Crippen LogP contribution is 2.02. The van der Waals surface area contributed by atoms with E-state index in [1.54, 1.807) is 0 Å². The van der Waals surface area contributed by atoms with Crippen LogP contribution >= 0.6 is 0 Å². The van der Waals surface area contributed by atoms with Gasteiger partial charge in [0.25, 0.3) is 0 Å². The number of rotatable bonds is 10. The van der Waals surface area contributed by atoms with Crippen LogP contribution in [0.4, 0.5) is 0 Å². The summed E-state index contributed by atoms with van der Waals surface area (Å²) in [7, 11) is 0. The fourth-order valence-corrected chi connectivity index (χ4v) is 1.40. The predicted molar refractivity (Wildman–Crippen MR) is 64.0 cm³/mol. The molecule has 0 heterocycles. The number of carboxylic acids is 2. The smallest absolute Gasteiger partial charge is 0.326 e. The number of carbonyl (C=O) groups is 3. The molecular formula is C11H20N2O5. The van der Waals surface area contributed by atoms with Gasteiger partial charge in [-0.3, -0.25) is 9.59 Å². The van der Waals surface area contributed by atoms with E-state index in [0.29, 0.717) is 13.0 Å². The van der Waals surface area contributed by atoms with Crippen molar-refractivity contribution in [3.8, 4) is 0 Å². The van der Waals surface area contributed by atoms with Crippen LogP contribution in [0.3, 0.4) is 0 Å². The molecule has 104 valence electrons. The quantitative estimate of drug-likeness (QED) is 0.407. The number of amides is 1. The lowest BCUT2D eigenvalue weighted by Gasteiger charge is -2.13. The van der Waals surface area contributed by atoms with Crippen molar-refractivity contribution in [2.45, 2.75) is 44.6 Å². The minimum atomic E-state index is -1.22. The molecule has 0 aliphatic heterocycles. The van der Waals surface area contributed by atoms with Crippen molar-refractivity contribution in [2.24, 2.45) is 5.73 Å². The third-order valence-corrected chi connectivity index (χ3v) is 2.39. The largest absolute Gasteiger partial charge is 0.481 e. The molecule has 0 aliphatic carbocycles. The maximum atomic E-state index is 11.4. The highest BCUT2D eigenvalue weighted by molar-refractivity contribution is 5.83. The van der Waals surface area contributed by atoms with Crippen LogP contribution in [-0.4, -0.2) is 40.6 Å². The van der Waals surface area contributed by atoms with E-state index in [9.17, 15) is 14.4 Å². The molecule has 5 N–H and O–H groups in total. The maximum absolute atomic E-state index is 11.4. The van der Waals surface area contributed by atoms with Crippen molar-refractivity contribution in [1.82, 2.24) is 5.32 Å². The third-order valence-electron chi connectivity index (χ3n) is 2.39. The fraction of sp³-hybridized carbons (Fsp3) is 0.727. The topological polar surface area (TPSA) is 130 Å². The number of nitrogens with one attached hydrogen (secondary N) is 1. The molecule has 0 aromatic heterocycles. The van der Waals surface area contributed by atoms with Gasteiger partial charge in [-0.15, -0.1) is 0 Å². The van der Waals surface area contributed by atoms with Crippen molar-refractivity contribution in [3.63, 3.8) is 0 Å². The Balaban J connectivity index is 3.96. The normalized spacial score (nSPS) is 11.8. The summed E-state index contributed by atoms with van der Waals surface area (Å²) in [6.07, 6.45) is 2.13. The average molecular weight is 260 g/mol. The second-order valence-electron chi connectivity index (χ2n) is 3.99. The summed E-state index contributed by atoms with van der Waals surface area (Å²) in [6, 6.07) is -1.14. The molecule has 0 radical (unpaired) electrons. The zero-order chi connectivity index (χ0) is 14.0. The van der Waals surface area contributed by atoms with Gasteiger partial charge in [0.1, 0.15) is 6.04 Å². The lowest BCUT2D eigenvalue weighted by molar-refractivity contribution is -0.143. The molecule has 0 unspecified atom stereocenters. The van der Waals surface area contributed by atoms with E-state index in [1.807, 2.05) is 0 Å². The van der Waals surface area contributed by atoms with Crippen molar-refractivity contribution in [2.75, 3.05) is 6.54 Å². The second kappa shape index (κ2) is 9.41. The van der Waals surface area contributed by atoms with Crippen LogP contribution in [-0.2, 0) is 14.4 Å². The minimum absolute atomic E-state index is 0.112. The van der Waals surface area contributed by atoms with Gasteiger partial charge in [0.15, 0.2) is 0 Å². The molecule has 1 atom stereocenters. The van der Waals surface area contributed by atoms with E-state index in [1.165, 1.54) is 0 Å². The Bertz CT molecular complexity index is 293. The lowest BCUT2D eigenvalue weighted by atomic mass is 10.1. The van der Waals surface area contributed by atoms with Crippen LogP contribution in [0, 0.1) is 0 Å². The van der Waals surface area contributed by atoms with E-state index in [4.69, 9.17) is 15.9 Å². The van der Waals surface area contributed by atoms with E-state index < -0.39 is 18.0 Å². The Morgan fingerprint density at radius 1 is 1.06 bits per heavy atom. The molecule has 0 bridgehead atoms. The predicted octanol–water partition coefficient (Wildman–Crippen LogP) is -0.0603. The van der Waals surface area contributed by atoms with Crippen LogP contribution < -0.4 is 11.1 Å². The summed E-state index contributed by atoms with van der Waals surface area (Å²) in [4.78, 5) is 32.6. The average Bonchev–Trinajstić information content (AvgIpc) is 2.29. The number of hydrogen-bond acceptors (Lipinski definition) is 4. The van der Waals surface area contributed by atoms with Gasteiger partial charge in [-0.05, 0) is 25.8 Å². The molecule has 0 saturated carbocycles. The highest BCUT2D eigenvalue weighted by atomic mass is 16.4. The van der Waals surface area contributed by atoms with Crippen molar-refractivity contribution >= 4 is 17.8 Å². The maximum Gasteiger partial charge on any atom is 0.326 e. The van der Waals surface area contributed by atoms with E-state index in [-0.39, 0.29) is 25.2 Å². The molecular weight excluding hydrogens is 240 g/mol. The van der Waals surface area contributed by atoms with Crippen LogP contribution in [0.2, 0.25) is 0 Å². The van der Waals surface area contributed by atoms with Crippen LogP contribution in [0.5, 0.6) is 0 Å². The monoisotopic (exact) mass is 260 g/mol. The number of nitrogens with two attached hydrogens (primary N) is 1.